The SMILES string of the molecule is COc1ccccc1NC(=O)C[NH+](C)Cc1ccc(OC)c(OC)c1. The molecule has 2 aromatic rings. The number of nitrogens with one attached hydrogen (secondary N) is 2. The molecule has 0 bridgehead atoms. The summed E-state index contributed by atoms with van der Waals surface area (Å²) >= 11 is 0. The van der Waals surface area contributed by atoms with Gasteiger partial charge in [0.15, 0.2) is 18.0 Å². The van der Waals surface area contributed by atoms with Crippen molar-refractivity contribution in [3.05, 3.63) is 48.0 Å². The first-order valence-corrected chi connectivity index (χ1v) is 8.02. The van der Waals surface area contributed by atoms with E-state index in [0.29, 0.717) is 36.0 Å². The Balaban J connectivity index is 1.95. The quantitative estimate of drug-likeness (QED) is 0.759. The third-order valence-electron chi connectivity index (χ3n) is 3.80. The highest BCUT2D eigenvalue weighted by Gasteiger charge is 2.14. The number of rotatable bonds is 8. The van der Waals surface area contributed by atoms with Crippen LogP contribution in [0.2, 0.25) is 0 Å². The van der Waals surface area contributed by atoms with E-state index < -0.39 is 0 Å². The molecule has 1 amide bonds. The van der Waals surface area contributed by atoms with Crippen LogP contribution >= 0.6 is 0 Å². The zero-order chi connectivity index (χ0) is 18.2. The van der Waals surface area contributed by atoms with Gasteiger partial charge in [0.2, 0.25) is 0 Å². The van der Waals surface area contributed by atoms with Crippen molar-refractivity contribution >= 4 is 11.6 Å². The van der Waals surface area contributed by atoms with Crippen LogP contribution < -0.4 is 24.4 Å². The first-order chi connectivity index (χ1) is 12.1. The number of quaternary nitrogens is 1. The minimum atomic E-state index is -0.0672. The molecule has 6 nitrogen and oxygen atoms in total. The molecule has 0 aliphatic rings. The minimum absolute atomic E-state index is 0.0672. The number of para-hydroxylation sites is 2. The molecule has 0 aliphatic carbocycles. The summed E-state index contributed by atoms with van der Waals surface area (Å²) in [5.74, 6) is 1.96. The summed E-state index contributed by atoms with van der Waals surface area (Å²) in [6, 6.07) is 13.1. The number of anilines is 1. The second-order valence-corrected chi connectivity index (χ2v) is 5.75. The predicted molar refractivity (Wildman–Crippen MR) is 96.6 cm³/mol. The third kappa shape index (κ3) is 5.12. The van der Waals surface area contributed by atoms with Crippen LogP contribution in [0.3, 0.4) is 0 Å². The molecule has 0 saturated carbocycles. The Kier molecular flexibility index (Phi) is 6.65. The summed E-state index contributed by atoms with van der Waals surface area (Å²) < 4.78 is 15.8. The van der Waals surface area contributed by atoms with Crippen molar-refractivity contribution in [3.63, 3.8) is 0 Å². The van der Waals surface area contributed by atoms with Crippen molar-refractivity contribution in [2.75, 3.05) is 40.2 Å². The van der Waals surface area contributed by atoms with Crippen molar-refractivity contribution in [2.45, 2.75) is 6.54 Å². The molecule has 0 radical (unpaired) electrons. The molecule has 2 rings (SSSR count). The zero-order valence-corrected chi connectivity index (χ0v) is 15.1. The maximum atomic E-state index is 12.3. The van der Waals surface area contributed by atoms with Gasteiger partial charge in [-0.3, -0.25) is 4.79 Å². The number of hydrogen-bond acceptors (Lipinski definition) is 4. The van der Waals surface area contributed by atoms with Crippen LogP contribution in [0.15, 0.2) is 42.5 Å². The number of benzene rings is 2. The minimum Gasteiger partial charge on any atom is -0.495 e. The van der Waals surface area contributed by atoms with Gasteiger partial charge >= 0.3 is 0 Å². The topological polar surface area (TPSA) is 61.2 Å². The molecule has 0 saturated heterocycles. The van der Waals surface area contributed by atoms with E-state index in [0.717, 1.165) is 10.5 Å². The van der Waals surface area contributed by atoms with E-state index in [4.69, 9.17) is 14.2 Å². The van der Waals surface area contributed by atoms with Gasteiger partial charge in [-0.1, -0.05) is 12.1 Å². The molecule has 134 valence electrons. The van der Waals surface area contributed by atoms with Crippen molar-refractivity contribution in [3.8, 4) is 17.2 Å². The monoisotopic (exact) mass is 345 g/mol. The summed E-state index contributed by atoms with van der Waals surface area (Å²) in [4.78, 5) is 13.3. The molecule has 2 N–H and O–H groups in total. The molecule has 0 spiro atoms. The molecule has 0 aromatic heterocycles. The van der Waals surface area contributed by atoms with Gasteiger partial charge in [-0.25, -0.2) is 0 Å². The second kappa shape index (κ2) is 8.94. The number of ether oxygens (including phenoxy) is 3. The lowest BCUT2D eigenvalue weighted by Gasteiger charge is -2.16. The van der Waals surface area contributed by atoms with Crippen molar-refractivity contribution in [1.82, 2.24) is 0 Å². The Bertz CT molecular complexity index is 718. The van der Waals surface area contributed by atoms with Gasteiger partial charge in [-0.2, -0.15) is 0 Å². The van der Waals surface area contributed by atoms with Crippen LogP contribution in [0.4, 0.5) is 5.69 Å². The van der Waals surface area contributed by atoms with E-state index in [9.17, 15) is 4.79 Å². The Morgan fingerprint density at radius 3 is 2.32 bits per heavy atom. The van der Waals surface area contributed by atoms with Crippen LogP contribution in [0, 0.1) is 0 Å². The average Bonchev–Trinajstić information content (AvgIpc) is 2.61. The highest BCUT2D eigenvalue weighted by molar-refractivity contribution is 5.92. The molecular formula is C19H25N2O4+. The lowest BCUT2D eigenvalue weighted by Crippen LogP contribution is -3.08. The van der Waals surface area contributed by atoms with Crippen LogP contribution in [0.25, 0.3) is 0 Å². The zero-order valence-electron chi connectivity index (χ0n) is 15.1. The molecule has 6 heteroatoms. The van der Waals surface area contributed by atoms with E-state index in [1.54, 1.807) is 21.3 Å². The van der Waals surface area contributed by atoms with E-state index in [-0.39, 0.29) is 5.91 Å². The smallest absolute Gasteiger partial charge is 0.279 e. The first kappa shape index (κ1) is 18.6. The van der Waals surface area contributed by atoms with E-state index >= 15 is 0 Å². The van der Waals surface area contributed by atoms with Gasteiger partial charge in [-0.15, -0.1) is 0 Å². The standard InChI is InChI=1S/C19H24N2O4/c1-21(12-14-9-10-17(24-3)18(11-14)25-4)13-19(22)20-15-7-5-6-8-16(15)23-2/h5-11H,12-13H2,1-4H3,(H,20,22)/p+1. The second-order valence-electron chi connectivity index (χ2n) is 5.75. The molecule has 0 fully saturated rings. The fraction of sp³-hybridized carbons (Fsp3) is 0.316. The molecular weight excluding hydrogens is 320 g/mol. The highest BCUT2D eigenvalue weighted by Crippen LogP contribution is 2.27. The Hall–Kier alpha value is -2.73. The van der Waals surface area contributed by atoms with E-state index in [1.165, 1.54) is 0 Å². The summed E-state index contributed by atoms with van der Waals surface area (Å²) in [6.07, 6.45) is 0. The van der Waals surface area contributed by atoms with Crippen molar-refractivity contribution in [1.29, 1.82) is 0 Å². The van der Waals surface area contributed by atoms with Crippen molar-refractivity contribution in [2.24, 2.45) is 0 Å². The third-order valence-corrected chi connectivity index (χ3v) is 3.80. The number of carbonyl (C=O) groups excluding carboxylic acids is 1. The summed E-state index contributed by atoms with van der Waals surface area (Å²) in [5.41, 5.74) is 1.74. The van der Waals surface area contributed by atoms with Gasteiger partial charge in [0.05, 0.1) is 34.1 Å². The lowest BCUT2D eigenvalue weighted by molar-refractivity contribution is -0.885. The number of carbonyl (C=O) groups is 1. The predicted octanol–water partition coefficient (Wildman–Crippen LogP) is 1.37. The molecule has 1 atom stereocenters. The molecule has 0 aliphatic heterocycles. The fourth-order valence-electron chi connectivity index (χ4n) is 2.62. The number of likely N-dealkylation sites (N-methyl/N-ethyl adjacent to an activating group) is 1. The summed E-state index contributed by atoms with van der Waals surface area (Å²) in [5, 5.41) is 2.89. The van der Waals surface area contributed by atoms with Crippen molar-refractivity contribution < 1.29 is 23.9 Å². The van der Waals surface area contributed by atoms with Crippen LogP contribution in [-0.2, 0) is 11.3 Å². The van der Waals surface area contributed by atoms with Gasteiger partial charge in [0, 0.05) is 5.56 Å². The Morgan fingerprint density at radius 1 is 0.960 bits per heavy atom. The van der Waals surface area contributed by atoms with E-state index in [2.05, 4.69) is 5.32 Å². The first-order valence-electron chi connectivity index (χ1n) is 8.02. The largest absolute Gasteiger partial charge is 0.495 e. The Labute approximate surface area is 148 Å². The molecule has 0 heterocycles. The van der Waals surface area contributed by atoms with Gasteiger partial charge < -0.3 is 24.4 Å². The molecule has 25 heavy (non-hydrogen) atoms. The fourth-order valence-corrected chi connectivity index (χ4v) is 2.62. The van der Waals surface area contributed by atoms with Crippen LogP contribution in [0.5, 0.6) is 17.2 Å². The lowest BCUT2D eigenvalue weighted by atomic mass is 10.2. The van der Waals surface area contributed by atoms with Gasteiger partial charge in [0.1, 0.15) is 12.3 Å². The Morgan fingerprint density at radius 2 is 1.64 bits per heavy atom. The summed E-state index contributed by atoms with van der Waals surface area (Å²) in [6.45, 7) is 1.03. The van der Waals surface area contributed by atoms with Gasteiger partial charge in [-0.05, 0) is 30.3 Å². The van der Waals surface area contributed by atoms with E-state index in [1.807, 2.05) is 49.5 Å². The van der Waals surface area contributed by atoms with Crippen LogP contribution in [-0.4, -0.2) is 40.8 Å². The average molecular weight is 345 g/mol. The molecule has 1 unspecified atom stereocenters. The number of methoxy groups -OCH3 is 3. The van der Waals surface area contributed by atoms with Crippen LogP contribution in [0.1, 0.15) is 5.56 Å². The maximum Gasteiger partial charge on any atom is 0.279 e. The molecule has 2 aromatic carbocycles. The number of hydrogen-bond donors (Lipinski definition) is 2. The highest BCUT2D eigenvalue weighted by atomic mass is 16.5. The maximum absolute atomic E-state index is 12.3. The number of amides is 1. The van der Waals surface area contributed by atoms with Gasteiger partial charge in [0.25, 0.3) is 5.91 Å². The normalized spacial score (nSPS) is 11.5. The summed E-state index contributed by atoms with van der Waals surface area (Å²) in [7, 11) is 6.77.